The van der Waals surface area contributed by atoms with Gasteiger partial charge in [-0.3, -0.25) is 14.2 Å². The number of amides is 1. The van der Waals surface area contributed by atoms with Gasteiger partial charge in [0.2, 0.25) is 11.9 Å². The lowest BCUT2D eigenvalue weighted by atomic mass is 10.0. The molecule has 1 saturated heterocycles. The van der Waals surface area contributed by atoms with Gasteiger partial charge in [-0.05, 0) is 31.7 Å². The zero-order valence-corrected chi connectivity index (χ0v) is 15.7. The Morgan fingerprint density at radius 3 is 2.78 bits per heavy atom. The van der Waals surface area contributed by atoms with Gasteiger partial charge in [-0.15, -0.1) is 0 Å². The molecule has 1 aliphatic heterocycles. The van der Waals surface area contributed by atoms with Crippen LogP contribution in [-0.2, 0) is 11.8 Å². The van der Waals surface area contributed by atoms with Crippen molar-refractivity contribution in [2.45, 2.75) is 31.7 Å². The van der Waals surface area contributed by atoms with Crippen molar-refractivity contribution in [3.63, 3.8) is 0 Å². The van der Waals surface area contributed by atoms with E-state index in [2.05, 4.69) is 9.97 Å². The molecule has 1 amide bonds. The minimum absolute atomic E-state index is 0.137. The standard InChI is InChI=1S/C19H24N6O2/c1-23(14-4-3-9-25(11-14)18(27)13-5-6-13)19-22-16(10-17(26)24(19)2)15-7-8-20-12-21-15/h7-8,10,12-14H,3-6,9,11H2,1-2H3/t14-/m1/s1. The van der Waals surface area contributed by atoms with Crippen LogP contribution in [0.1, 0.15) is 25.7 Å². The molecule has 4 rings (SSSR count). The third-order valence-electron chi connectivity index (χ3n) is 5.45. The number of carbonyl (C=O) groups excluding carboxylic acids is 1. The van der Waals surface area contributed by atoms with Crippen LogP contribution in [0.3, 0.4) is 0 Å². The van der Waals surface area contributed by atoms with Gasteiger partial charge in [0.25, 0.3) is 5.56 Å². The van der Waals surface area contributed by atoms with Crippen molar-refractivity contribution in [3.05, 3.63) is 35.0 Å². The van der Waals surface area contributed by atoms with Crippen molar-refractivity contribution >= 4 is 11.9 Å². The van der Waals surface area contributed by atoms with E-state index >= 15 is 0 Å². The second kappa shape index (κ2) is 7.09. The van der Waals surface area contributed by atoms with Crippen LogP contribution >= 0.6 is 0 Å². The maximum atomic E-state index is 12.5. The van der Waals surface area contributed by atoms with E-state index in [1.165, 1.54) is 12.4 Å². The number of likely N-dealkylation sites (N-methyl/N-ethyl adjacent to an activating group) is 1. The summed E-state index contributed by atoms with van der Waals surface area (Å²) >= 11 is 0. The van der Waals surface area contributed by atoms with Gasteiger partial charge in [0.15, 0.2) is 0 Å². The molecule has 2 fully saturated rings. The molecule has 0 bridgehead atoms. The Kier molecular flexibility index (Phi) is 4.63. The van der Waals surface area contributed by atoms with Crippen LogP contribution in [0.4, 0.5) is 5.95 Å². The fraction of sp³-hybridized carbons (Fsp3) is 0.526. The molecule has 8 nitrogen and oxygen atoms in total. The Morgan fingerprint density at radius 2 is 2.07 bits per heavy atom. The van der Waals surface area contributed by atoms with Crippen molar-refractivity contribution in [2.24, 2.45) is 13.0 Å². The van der Waals surface area contributed by atoms with Gasteiger partial charge in [0.1, 0.15) is 6.33 Å². The quantitative estimate of drug-likeness (QED) is 0.803. The van der Waals surface area contributed by atoms with E-state index in [9.17, 15) is 9.59 Å². The van der Waals surface area contributed by atoms with Crippen LogP contribution in [-0.4, -0.2) is 56.5 Å². The maximum absolute atomic E-state index is 12.5. The summed E-state index contributed by atoms with van der Waals surface area (Å²) in [6, 6.07) is 3.37. The summed E-state index contributed by atoms with van der Waals surface area (Å²) in [5.74, 6) is 1.10. The summed E-state index contributed by atoms with van der Waals surface area (Å²) in [4.78, 5) is 41.7. The highest BCUT2D eigenvalue weighted by Gasteiger charge is 2.36. The number of hydrogen-bond acceptors (Lipinski definition) is 6. The number of likely N-dealkylation sites (tertiary alicyclic amines) is 1. The summed E-state index contributed by atoms with van der Waals surface area (Å²) in [6.45, 7) is 1.51. The fourth-order valence-electron chi connectivity index (χ4n) is 3.64. The second-order valence-corrected chi connectivity index (χ2v) is 7.40. The van der Waals surface area contributed by atoms with Crippen LogP contribution in [0.15, 0.2) is 29.5 Å². The highest BCUT2D eigenvalue weighted by Crippen LogP contribution is 2.32. The SMILES string of the molecule is CN(c1nc(-c2ccncn2)cc(=O)n1C)[C@@H]1CCCN(C(=O)C2CC2)C1. The number of hydrogen-bond donors (Lipinski definition) is 0. The first-order valence-corrected chi connectivity index (χ1v) is 9.40. The van der Waals surface area contributed by atoms with Gasteiger partial charge in [0, 0.05) is 51.4 Å². The normalized spacial score (nSPS) is 19.8. The average molecular weight is 368 g/mol. The third kappa shape index (κ3) is 3.56. The average Bonchev–Trinajstić information content (AvgIpc) is 3.55. The number of rotatable bonds is 4. The second-order valence-electron chi connectivity index (χ2n) is 7.40. The molecular formula is C19H24N6O2. The molecule has 2 aromatic heterocycles. The zero-order chi connectivity index (χ0) is 19.0. The molecule has 2 aromatic rings. The van der Waals surface area contributed by atoms with E-state index in [1.807, 2.05) is 16.8 Å². The van der Waals surface area contributed by atoms with E-state index in [4.69, 9.17) is 4.98 Å². The van der Waals surface area contributed by atoms with E-state index in [-0.39, 0.29) is 23.4 Å². The number of anilines is 1. The molecule has 8 heteroatoms. The Labute approximate surface area is 157 Å². The lowest BCUT2D eigenvalue weighted by Gasteiger charge is -2.38. The van der Waals surface area contributed by atoms with Crippen LogP contribution in [0.5, 0.6) is 0 Å². The molecule has 2 aliphatic rings. The van der Waals surface area contributed by atoms with Gasteiger partial charge < -0.3 is 9.80 Å². The molecule has 27 heavy (non-hydrogen) atoms. The maximum Gasteiger partial charge on any atom is 0.255 e. The topological polar surface area (TPSA) is 84.2 Å². The lowest BCUT2D eigenvalue weighted by Crippen LogP contribution is -2.50. The largest absolute Gasteiger partial charge is 0.340 e. The smallest absolute Gasteiger partial charge is 0.255 e. The summed E-state index contributed by atoms with van der Waals surface area (Å²) in [6.07, 6.45) is 7.05. The molecule has 1 atom stereocenters. The Hall–Kier alpha value is -2.77. The van der Waals surface area contributed by atoms with Gasteiger partial charge in [-0.1, -0.05) is 0 Å². The van der Waals surface area contributed by atoms with Crippen molar-refractivity contribution in [3.8, 4) is 11.4 Å². The van der Waals surface area contributed by atoms with E-state index in [1.54, 1.807) is 23.9 Å². The monoisotopic (exact) mass is 368 g/mol. The fourth-order valence-corrected chi connectivity index (χ4v) is 3.64. The first-order valence-electron chi connectivity index (χ1n) is 9.40. The summed E-state index contributed by atoms with van der Waals surface area (Å²) in [5.41, 5.74) is 1.01. The van der Waals surface area contributed by atoms with Crippen LogP contribution in [0, 0.1) is 5.92 Å². The van der Waals surface area contributed by atoms with Crippen molar-refractivity contribution < 1.29 is 4.79 Å². The van der Waals surface area contributed by atoms with Gasteiger partial charge >= 0.3 is 0 Å². The minimum Gasteiger partial charge on any atom is -0.340 e. The van der Waals surface area contributed by atoms with Crippen molar-refractivity contribution in [2.75, 3.05) is 25.0 Å². The molecule has 1 saturated carbocycles. The third-order valence-corrected chi connectivity index (χ3v) is 5.45. The summed E-state index contributed by atoms with van der Waals surface area (Å²) in [5, 5.41) is 0. The van der Waals surface area contributed by atoms with Gasteiger partial charge in [0.05, 0.1) is 11.4 Å². The molecule has 142 valence electrons. The number of piperidine rings is 1. The van der Waals surface area contributed by atoms with E-state index in [0.717, 1.165) is 32.2 Å². The highest BCUT2D eigenvalue weighted by molar-refractivity contribution is 5.81. The van der Waals surface area contributed by atoms with Gasteiger partial charge in [-0.2, -0.15) is 0 Å². The molecule has 3 heterocycles. The van der Waals surface area contributed by atoms with Gasteiger partial charge in [-0.25, -0.2) is 15.0 Å². The van der Waals surface area contributed by atoms with E-state index in [0.29, 0.717) is 23.9 Å². The minimum atomic E-state index is -0.137. The summed E-state index contributed by atoms with van der Waals surface area (Å²) in [7, 11) is 3.67. The lowest BCUT2D eigenvalue weighted by molar-refractivity contribution is -0.133. The molecule has 0 N–H and O–H groups in total. The number of carbonyl (C=O) groups is 1. The van der Waals surface area contributed by atoms with Crippen LogP contribution < -0.4 is 10.5 Å². The van der Waals surface area contributed by atoms with Crippen LogP contribution in [0.2, 0.25) is 0 Å². The van der Waals surface area contributed by atoms with Crippen molar-refractivity contribution in [1.82, 2.24) is 24.4 Å². The van der Waals surface area contributed by atoms with E-state index < -0.39 is 0 Å². The zero-order valence-electron chi connectivity index (χ0n) is 15.7. The summed E-state index contributed by atoms with van der Waals surface area (Å²) < 4.78 is 1.55. The van der Waals surface area contributed by atoms with Crippen molar-refractivity contribution in [1.29, 1.82) is 0 Å². The Bertz CT molecular complexity index is 893. The Balaban J connectivity index is 1.61. The predicted molar refractivity (Wildman–Crippen MR) is 101 cm³/mol. The molecular weight excluding hydrogens is 344 g/mol. The molecule has 0 aromatic carbocycles. The molecule has 0 unspecified atom stereocenters. The number of nitrogens with zero attached hydrogens (tertiary/aromatic N) is 6. The molecule has 0 spiro atoms. The highest BCUT2D eigenvalue weighted by atomic mass is 16.2. The first kappa shape index (κ1) is 17.6. The molecule has 0 radical (unpaired) electrons. The predicted octanol–water partition coefficient (Wildman–Crippen LogP) is 1.07. The molecule has 1 aliphatic carbocycles. The Morgan fingerprint density at radius 1 is 1.26 bits per heavy atom. The van der Waals surface area contributed by atoms with Crippen LogP contribution in [0.25, 0.3) is 11.4 Å². The first-order chi connectivity index (χ1) is 13.0. The number of aromatic nitrogens is 4.